The fourth-order valence-electron chi connectivity index (χ4n) is 2.13. The van der Waals surface area contributed by atoms with E-state index >= 15 is 0 Å². The molecule has 6 nitrogen and oxygen atoms in total. The number of rotatable bonds is 7. The van der Waals surface area contributed by atoms with Gasteiger partial charge in [0.2, 0.25) is 10.0 Å². The average molecular weight is 391 g/mol. The summed E-state index contributed by atoms with van der Waals surface area (Å²) in [6.07, 6.45) is 0. The van der Waals surface area contributed by atoms with Crippen molar-refractivity contribution in [3.63, 3.8) is 0 Å². The van der Waals surface area contributed by atoms with Crippen LogP contribution >= 0.6 is 12.2 Å². The minimum Gasteiger partial charge on any atom is -0.362 e. The number of hydrogen-bond donors (Lipinski definition) is 3. The first kappa shape index (κ1) is 20.0. The van der Waals surface area contributed by atoms with Crippen molar-refractivity contribution in [2.24, 2.45) is 5.10 Å². The summed E-state index contributed by atoms with van der Waals surface area (Å²) in [5.41, 5.74) is 5.15. The number of thiocarbonyl (C=S) groups is 1. The maximum absolute atomic E-state index is 12.4. The molecule has 2 rings (SSSR count). The first-order chi connectivity index (χ1) is 12.4. The molecular formula is C18H22N4O2S2. The van der Waals surface area contributed by atoms with Crippen molar-refractivity contribution in [1.29, 1.82) is 0 Å². The lowest BCUT2D eigenvalue weighted by Gasteiger charge is -2.08. The number of nitrogens with zero attached hydrogens (tertiary/aromatic N) is 1. The first-order valence-electron chi connectivity index (χ1n) is 8.14. The van der Waals surface area contributed by atoms with E-state index in [0.717, 1.165) is 11.1 Å². The topological polar surface area (TPSA) is 82.6 Å². The highest BCUT2D eigenvalue weighted by Crippen LogP contribution is 2.12. The molecule has 2 aromatic rings. The van der Waals surface area contributed by atoms with Gasteiger partial charge in [-0.25, -0.2) is 13.1 Å². The number of hydrazone groups is 1. The van der Waals surface area contributed by atoms with Gasteiger partial charge < -0.3 is 5.32 Å². The van der Waals surface area contributed by atoms with Crippen molar-refractivity contribution in [3.8, 4) is 0 Å². The van der Waals surface area contributed by atoms with Crippen molar-refractivity contribution < 1.29 is 8.42 Å². The molecule has 0 aliphatic heterocycles. The second-order valence-corrected chi connectivity index (χ2v) is 7.68. The molecule has 2 aromatic carbocycles. The van der Waals surface area contributed by atoms with Crippen LogP contribution in [0.1, 0.15) is 25.0 Å². The zero-order valence-electron chi connectivity index (χ0n) is 14.7. The lowest BCUT2D eigenvalue weighted by Crippen LogP contribution is -2.32. The predicted octanol–water partition coefficient (Wildman–Crippen LogP) is 2.37. The van der Waals surface area contributed by atoms with Crippen LogP contribution in [0, 0.1) is 0 Å². The molecule has 0 atom stereocenters. The Morgan fingerprint density at radius 3 is 2.35 bits per heavy atom. The number of benzene rings is 2. The van der Waals surface area contributed by atoms with Crippen molar-refractivity contribution in [2.75, 3.05) is 6.54 Å². The second kappa shape index (κ2) is 9.42. The zero-order valence-corrected chi connectivity index (χ0v) is 16.3. The fourth-order valence-corrected chi connectivity index (χ4v) is 3.34. The van der Waals surface area contributed by atoms with Gasteiger partial charge in [0, 0.05) is 13.1 Å². The number of nitrogens with one attached hydrogen (secondary N) is 3. The molecule has 0 saturated carbocycles. The van der Waals surface area contributed by atoms with Crippen molar-refractivity contribution in [3.05, 3.63) is 65.7 Å². The van der Waals surface area contributed by atoms with E-state index in [4.69, 9.17) is 12.2 Å². The van der Waals surface area contributed by atoms with Gasteiger partial charge in [0.15, 0.2) is 5.11 Å². The van der Waals surface area contributed by atoms with Crippen LogP contribution in [0.4, 0.5) is 0 Å². The number of hydrogen-bond acceptors (Lipinski definition) is 4. The molecular weight excluding hydrogens is 368 g/mol. The van der Waals surface area contributed by atoms with Gasteiger partial charge in [-0.1, -0.05) is 42.5 Å². The quantitative estimate of drug-likeness (QED) is 0.384. The Morgan fingerprint density at radius 2 is 1.73 bits per heavy atom. The second-order valence-electron chi connectivity index (χ2n) is 5.50. The van der Waals surface area contributed by atoms with Gasteiger partial charge in [-0.3, -0.25) is 5.43 Å². The third-order valence-electron chi connectivity index (χ3n) is 3.55. The Hall–Kier alpha value is -2.29. The van der Waals surface area contributed by atoms with E-state index in [9.17, 15) is 8.42 Å². The van der Waals surface area contributed by atoms with Gasteiger partial charge in [-0.2, -0.15) is 5.10 Å². The van der Waals surface area contributed by atoms with E-state index in [-0.39, 0.29) is 11.4 Å². The minimum atomic E-state index is -3.57. The Balaban J connectivity index is 2.03. The Morgan fingerprint density at radius 1 is 1.08 bits per heavy atom. The summed E-state index contributed by atoms with van der Waals surface area (Å²) in [7, 11) is -3.57. The monoisotopic (exact) mass is 390 g/mol. The molecule has 0 aliphatic rings. The first-order valence-corrected chi connectivity index (χ1v) is 10.0. The van der Waals surface area contributed by atoms with E-state index in [1.165, 1.54) is 0 Å². The summed E-state index contributed by atoms with van der Waals surface area (Å²) in [5, 5.41) is 7.55. The fraction of sp³-hybridized carbons (Fsp3) is 0.222. The summed E-state index contributed by atoms with van der Waals surface area (Å²) in [6, 6.07) is 15.9. The van der Waals surface area contributed by atoms with E-state index in [1.807, 2.05) is 44.2 Å². The van der Waals surface area contributed by atoms with E-state index in [2.05, 4.69) is 20.6 Å². The van der Waals surface area contributed by atoms with E-state index in [1.54, 1.807) is 24.3 Å². The molecule has 138 valence electrons. The summed E-state index contributed by atoms with van der Waals surface area (Å²) in [5.74, 6) is 0. The molecule has 0 amide bonds. The van der Waals surface area contributed by atoms with E-state index < -0.39 is 10.0 Å². The summed E-state index contributed by atoms with van der Waals surface area (Å²) in [6.45, 7) is 4.72. The molecule has 8 heteroatoms. The summed E-state index contributed by atoms with van der Waals surface area (Å²) in [4.78, 5) is 0.209. The van der Waals surface area contributed by atoms with Gasteiger partial charge >= 0.3 is 0 Å². The predicted molar refractivity (Wildman–Crippen MR) is 109 cm³/mol. The highest BCUT2D eigenvalue weighted by molar-refractivity contribution is 7.89. The molecule has 0 heterocycles. The van der Waals surface area contributed by atoms with Crippen LogP contribution in [0.15, 0.2) is 64.6 Å². The zero-order chi connectivity index (χ0) is 19.0. The van der Waals surface area contributed by atoms with Crippen LogP contribution in [0.5, 0.6) is 0 Å². The van der Waals surface area contributed by atoms with Gasteiger partial charge in [0.05, 0.1) is 10.6 Å². The van der Waals surface area contributed by atoms with Gasteiger partial charge in [-0.15, -0.1) is 0 Å². The highest BCUT2D eigenvalue weighted by atomic mass is 32.2. The van der Waals surface area contributed by atoms with Crippen LogP contribution in [0.25, 0.3) is 0 Å². The maximum Gasteiger partial charge on any atom is 0.240 e. The molecule has 0 saturated heterocycles. The van der Waals surface area contributed by atoms with Gasteiger partial charge in [-0.05, 0) is 49.3 Å². The van der Waals surface area contributed by atoms with Crippen LogP contribution in [-0.2, 0) is 16.6 Å². The van der Waals surface area contributed by atoms with Crippen LogP contribution in [-0.4, -0.2) is 25.8 Å². The molecule has 0 radical (unpaired) electrons. The minimum absolute atomic E-state index is 0.209. The van der Waals surface area contributed by atoms with E-state index in [0.29, 0.717) is 17.4 Å². The molecule has 0 aliphatic carbocycles. The molecule has 3 N–H and O–H groups in total. The number of sulfonamides is 1. The van der Waals surface area contributed by atoms with Gasteiger partial charge in [0.1, 0.15) is 0 Å². The lowest BCUT2D eigenvalue weighted by molar-refractivity contribution is 0.581. The van der Waals surface area contributed by atoms with Crippen molar-refractivity contribution in [1.82, 2.24) is 15.5 Å². The highest BCUT2D eigenvalue weighted by Gasteiger charge is 2.13. The van der Waals surface area contributed by atoms with Crippen LogP contribution < -0.4 is 15.5 Å². The molecule has 26 heavy (non-hydrogen) atoms. The Labute approximate surface area is 159 Å². The average Bonchev–Trinajstić information content (AvgIpc) is 2.66. The SMILES string of the molecule is CCNC(=S)N/N=C(/C)c1ccc(S(=O)(=O)NCc2ccccc2)cc1. The third-order valence-corrected chi connectivity index (χ3v) is 5.21. The Bertz CT molecular complexity index is 864. The van der Waals surface area contributed by atoms with Crippen molar-refractivity contribution >= 4 is 33.1 Å². The molecule has 0 fully saturated rings. The largest absolute Gasteiger partial charge is 0.362 e. The van der Waals surface area contributed by atoms with Crippen LogP contribution in [0.3, 0.4) is 0 Å². The van der Waals surface area contributed by atoms with Crippen molar-refractivity contribution in [2.45, 2.75) is 25.3 Å². The van der Waals surface area contributed by atoms with Gasteiger partial charge in [0.25, 0.3) is 0 Å². The Kier molecular flexibility index (Phi) is 7.26. The smallest absolute Gasteiger partial charge is 0.240 e. The normalized spacial score (nSPS) is 11.8. The lowest BCUT2D eigenvalue weighted by atomic mass is 10.1. The third kappa shape index (κ3) is 5.91. The van der Waals surface area contributed by atoms with Crippen LogP contribution in [0.2, 0.25) is 0 Å². The molecule has 0 spiro atoms. The molecule has 0 bridgehead atoms. The standard InChI is InChI=1S/C18H22N4O2S2/c1-3-19-18(25)22-21-14(2)16-9-11-17(12-10-16)26(23,24)20-13-15-7-5-4-6-8-15/h4-12,20H,3,13H2,1-2H3,(H2,19,22,25)/b21-14-. The molecule has 0 aromatic heterocycles. The maximum atomic E-state index is 12.4. The summed E-state index contributed by atoms with van der Waals surface area (Å²) < 4.78 is 27.4. The summed E-state index contributed by atoms with van der Waals surface area (Å²) >= 11 is 5.04. The molecule has 0 unspecified atom stereocenters.